The molecule has 7 heteroatoms. The van der Waals surface area contributed by atoms with Gasteiger partial charge in [0.15, 0.2) is 5.82 Å². The number of benzene rings is 1. The van der Waals surface area contributed by atoms with Gasteiger partial charge in [-0.25, -0.2) is 0 Å². The maximum absolute atomic E-state index is 12.4. The second kappa shape index (κ2) is 4.89. The molecule has 7 nitrogen and oxygen atoms in total. The second-order valence-corrected chi connectivity index (χ2v) is 5.81. The van der Waals surface area contributed by atoms with Crippen LogP contribution in [0.3, 0.4) is 0 Å². The zero-order chi connectivity index (χ0) is 15.3. The van der Waals surface area contributed by atoms with Gasteiger partial charge in [0.1, 0.15) is 0 Å². The number of rotatable bonds is 2. The lowest BCUT2D eigenvalue weighted by Crippen LogP contribution is -2.24. The minimum Gasteiger partial charge on any atom is -0.392 e. The van der Waals surface area contributed by atoms with Gasteiger partial charge in [-0.1, -0.05) is 12.1 Å². The Kier molecular flexibility index (Phi) is 2.98. The van der Waals surface area contributed by atoms with Crippen LogP contribution in [0.4, 0.5) is 0 Å². The van der Waals surface area contributed by atoms with Crippen LogP contribution < -0.4 is 5.56 Å². The van der Waals surface area contributed by atoms with Crippen molar-refractivity contribution in [1.82, 2.24) is 24.1 Å². The summed E-state index contributed by atoms with van der Waals surface area (Å²) in [6, 6.07) is 7.50. The molecule has 1 fully saturated rings. The van der Waals surface area contributed by atoms with Crippen LogP contribution in [0.5, 0.6) is 0 Å². The molecule has 1 N–H and O–H groups in total. The molecule has 0 spiro atoms. The predicted molar refractivity (Wildman–Crippen MR) is 81.6 cm³/mol. The molecule has 4 rings (SSSR count). The number of fused-ring (bicyclic) bond motifs is 3. The molecule has 0 unspecified atom stereocenters. The van der Waals surface area contributed by atoms with Crippen molar-refractivity contribution < 1.29 is 5.11 Å². The third-order valence-electron chi connectivity index (χ3n) is 4.31. The summed E-state index contributed by atoms with van der Waals surface area (Å²) in [7, 11) is 1.71. The summed E-state index contributed by atoms with van der Waals surface area (Å²) in [6.45, 7) is 2.11. The Labute approximate surface area is 126 Å². The number of para-hydroxylation sites is 1. The fraction of sp³-hybridized carbons (Fsp3) is 0.400. The van der Waals surface area contributed by atoms with Gasteiger partial charge in [-0.05, 0) is 18.6 Å². The molecule has 1 aromatic carbocycles. The number of aliphatic hydroxyl groups is 1. The quantitative estimate of drug-likeness (QED) is 0.729. The van der Waals surface area contributed by atoms with Crippen LogP contribution in [-0.2, 0) is 13.6 Å². The Morgan fingerprint density at radius 2 is 2.14 bits per heavy atom. The largest absolute Gasteiger partial charge is 0.392 e. The average molecular weight is 299 g/mol. The van der Waals surface area contributed by atoms with Gasteiger partial charge in [-0.3, -0.25) is 18.7 Å². The molecule has 22 heavy (non-hydrogen) atoms. The molecule has 2 aromatic heterocycles. The summed E-state index contributed by atoms with van der Waals surface area (Å²) in [4.78, 5) is 14.5. The highest BCUT2D eigenvalue weighted by Crippen LogP contribution is 2.17. The summed E-state index contributed by atoms with van der Waals surface area (Å²) in [5, 5.41) is 18.8. The number of hydrogen-bond donors (Lipinski definition) is 1. The van der Waals surface area contributed by atoms with Crippen molar-refractivity contribution in [2.45, 2.75) is 19.1 Å². The SMILES string of the molecule is Cn1c(=O)c2ccccc2n2c(CN3CC[C@H](O)C3)nnc12. The highest BCUT2D eigenvalue weighted by molar-refractivity contribution is 5.80. The molecule has 114 valence electrons. The van der Waals surface area contributed by atoms with Gasteiger partial charge in [0.05, 0.1) is 23.6 Å². The van der Waals surface area contributed by atoms with Crippen molar-refractivity contribution in [2.24, 2.45) is 7.05 Å². The lowest BCUT2D eigenvalue weighted by Gasteiger charge is -2.14. The number of nitrogens with zero attached hydrogens (tertiary/aromatic N) is 5. The van der Waals surface area contributed by atoms with Gasteiger partial charge in [0.2, 0.25) is 5.78 Å². The van der Waals surface area contributed by atoms with Gasteiger partial charge in [0, 0.05) is 20.1 Å². The summed E-state index contributed by atoms with van der Waals surface area (Å²) in [5.41, 5.74) is 0.749. The van der Waals surface area contributed by atoms with E-state index in [1.165, 1.54) is 4.57 Å². The van der Waals surface area contributed by atoms with Gasteiger partial charge in [-0.15, -0.1) is 10.2 Å². The van der Waals surface area contributed by atoms with E-state index in [0.29, 0.717) is 24.3 Å². The predicted octanol–water partition coefficient (Wildman–Crippen LogP) is 0.148. The number of aryl methyl sites for hydroxylation is 1. The molecule has 0 aliphatic carbocycles. The third kappa shape index (κ3) is 1.93. The molecule has 1 aliphatic rings. The summed E-state index contributed by atoms with van der Waals surface area (Å²) in [5.74, 6) is 1.33. The Morgan fingerprint density at radius 1 is 1.32 bits per heavy atom. The average Bonchev–Trinajstić information content (AvgIpc) is 3.12. The molecule has 0 amide bonds. The molecule has 1 aliphatic heterocycles. The first-order valence-corrected chi connectivity index (χ1v) is 7.37. The van der Waals surface area contributed by atoms with Gasteiger partial charge in [0.25, 0.3) is 5.56 Å². The first-order valence-electron chi connectivity index (χ1n) is 7.37. The van der Waals surface area contributed by atoms with E-state index in [1.54, 1.807) is 7.05 Å². The zero-order valence-electron chi connectivity index (χ0n) is 12.3. The molecule has 1 atom stereocenters. The van der Waals surface area contributed by atoms with Crippen molar-refractivity contribution in [2.75, 3.05) is 13.1 Å². The molecular formula is C15H17N5O2. The normalized spacial score (nSPS) is 19.5. The van der Waals surface area contributed by atoms with E-state index in [9.17, 15) is 9.90 Å². The number of likely N-dealkylation sites (tertiary alicyclic amines) is 1. The van der Waals surface area contributed by atoms with Crippen molar-refractivity contribution in [3.63, 3.8) is 0 Å². The number of β-amino-alcohol motifs (C(OH)–C–C–N with tert-alkyl or cyclic N) is 1. The van der Waals surface area contributed by atoms with E-state index in [1.807, 2.05) is 28.7 Å². The highest BCUT2D eigenvalue weighted by Gasteiger charge is 2.23. The Morgan fingerprint density at radius 3 is 2.91 bits per heavy atom. The second-order valence-electron chi connectivity index (χ2n) is 5.81. The number of aliphatic hydroxyl groups excluding tert-OH is 1. The van der Waals surface area contributed by atoms with Crippen molar-refractivity contribution in [3.05, 3.63) is 40.4 Å². The van der Waals surface area contributed by atoms with Crippen LogP contribution in [-0.4, -0.2) is 48.4 Å². The highest BCUT2D eigenvalue weighted by atomic mass is 16.3. The first kappa shape index (κ1) is 13.4. The fourth-order valence-electron chi connectivity index (χ4n) is 3.15. The molecule has 0 saturated carbocycles. The van der Waals surface area contributed by atoms with Crippen molar-refractivity contribution >= 4 is 16.7 Å². The van der Waals surface area contributed by atoms with Gasteiger partial charge < -0.3 is 5.11 Å². The Balaban J connectivity index is 1.92. The molecule has 3 heterocycles. The van der Waals surface area contributed by atoms with Crippen LogP contribution in [0.2, 0.25) is 0 Å². The lowest BCUT2D eigenvalue weighted by atomic mass is 10.2. The van der Waals surface area contributed by atoms with E-state index in [-0.39, 0.29) is 11.7 Å². The Bertz CT molecular complexity index is 913. The minimum atomic E-state index is -0.264. The van der Waals surface area contributed by atoms with Crippen LogP contribution in [0.15, 0.2) is 29.1 Å². The molecule has 0 bridgehead atoms. The summed E-state index contributed by atoms with van der Waals surface area (Å²) >= 11 is 0. The van der Waals surface area contributed by atoms with Crippen LogP contribution in [0.1, 0.15) is 12.2 Å². The lowest BCUT2D eigenvalue weighted by molar-refractivity contribution is 0.174. The van der Waals surface area contributed by atoms with E-state index >= 15 is 0 Å². The number of hydrogen-bond acceptors (Lipinski definition) is 5. The molecule has 3 aromatic rings. The van der Waals surface area contributed by atoms with Crippen LogP contribution in [0, 0.1) is 0 Å². The maximum Gasteiger partial charge on any atom is 0.262 e. The standard InChI is InChI=1S/C15H17N5O2/c1-18-14(22)11-4-2-3-5-12(11)20-13(16-17-15(18)20)9-19-7-6-10(21)8-19/h2-5,10,21H,6-9H2,1H3/t10-/m0/s1. The monoisotopic (exact) mass is 299 g/mol. The first-order chi connectivity index (χ1) is 10.6. The van der Waals surface area contributed by atoms with Crippen LogP contribution in [0.25, 0.3) is 16.7 Å². The Hall–Kier alpha value is -2.25. The summed E-state index contributed by atoms with van der Waals surface area (Å²) < 4.78 is 3.46. The van der Waals surface area contributed by atoms with Crippen molar-refractivity contribution in [1.29, 1.82) is 0 Å². The van der Waals surface area contributed by atoms with E-state index in [2.05, 4.69) is 15.1 Å². The molecular weight excluding hydrogens is 282 g/mol. The van der Waals surface area contributed by atoms with Crippen molar-refractivity contribution in [3.8, 4) is 0 Å². The topological polar surface area (TPSA) is 75.7 Å². The van der Waals surface area contributed by atoms with E-state index < -0.39 is 0 Å². The summed E-state index contributed by atoms with van der Waals surface area (Å²) in [6.07, 6.45) is 0.524. The molecule has 0 radical (unpaired) electrons. The maximum atomic E-state index is 12.4. The minimum absolute atomic E-state index is 0.0707. The third-order valence-corrected chi connectivity index (χ3v) is 4.31. The zero-order valence-corrected chi connectivity index (χ0v) is 12.3. The van der Waals surface area contributed by atoms with Crippen LogP contribution >= 0.6 is 0 Å². The molecule has 1 saturated heterocycles. The smallest absolute Gasteiger partial charge is 0.262 e. The number of aromatic nitrogens is 4. The van der Waals surface area contributed by atoms with Gasteiger partial charge >= 0.3 is 0 Å². The van der Waals surface area contributed by atoms with Gasteiger partial charge in [-0.2, -0.15) is 0 Å². The van der Waals surface area contributed by atoms with E-state index in [0.717, 1.165) is 24.3 Å². The fourth-order valence-corrected chi connectivity index (χ4v) is 3.15. The van der Waals surface area contributed by atoms with E-state index in [4.69, 9.17) is 0 Å².